The van der Waals surface area contributed by atoms with Crippen LogP contribution in [-0.2, 0) is 21.3 Å². The van der Waals surface area contributed by atoms with Crippen molar-refractivity contribution in [2.75, 3.05) is 39.4 Å². The van der Waals surface area contributed by atoms with Crippen molar-refractivity contribution in [2.45, 2.75) is 10.6 Å². The first kappa shape index (κ1) is 19.1. The topological polar surface area (TPSA) is 71.8 Å². The highest BCUT2D eigenvalue weighted by Gasteiger charge is 2.15. The van der Waals surface area contributed by atoms with Crippen molar-refractivity contribution in [3.05, 3.63) is 52.9 Å². The molecule has 3 rings (SSSR count). The van der Waals surface area contributed by atoms with E-state index in [1.165, 1.54) is 0 Å². The van der Waals surface area contributed by atoms with Gasteiger partial charge in [-0.15, -0.1) is 0 Å². The SMILES string of the molecule is O=C(NCCN1CCOCC1)c1ccc(C[S@@](=O)c2ccccc2Cl)o1. The van der Waals surface area contributed by atoms with E-state index in [0.29, 0.717) is 22.2 Å². The lowest BCUT2D eigenvalue weighted by Gasteiger charge is -2.26. The molecule has 1 aliphatic heterocycles. The number of nitrogens with one attached hydrogen (secondary N) is 1. The van der Waals surface area contributed by atoms with Crippen LogP contribution in [0.5, 0.6) is 0 Å². The number of carbonyl (C=O) groups excluding carboxylic acids is 1. The van der Waals surface area contributed by atoms with Gasteiger partial charge in [0.2, 0.25) is 0 Å². The second-order valence-electron chi connectivity index (χ2n) is 5.90. The fourth-order valence-corrected chi connectivity index (χ4v) is 4.13. The molecular weight excluding hydrogens is 376 g/mol. The zero-order valence-corrected chi connectivity index (χ0v) is 15.9. The molecule has 140 valence electrons. The predicted octanol–water partition coefficient (Wildman–Crippen LogP) is 2.30. The third kappa shape index (κ3) is 5.17. The molecule has 0 aliphatic carbocycles. The van der Waals surface area contributed by atoms with E-state index in [1.807, 2.05) is 0 Å². The molecule has 8 heteroatoms. The molecule has 1 aromatic heterocycles. The maximum Gasteiger partial charge on any atom is 0.287 e. The van der Waals surface area contributed by atoms with Crippen LogP contribution < -0.4 is 5.32 Å². The van der Waals surface area contributed by atoms with E-state index in [0.717, 1.165) is 32.8 Å². The Morgan fingerprint density at radius 2 is 1.96 bits per heavy atom. The number of morpholine rings is 1. The molecule has 1 aliphatic rings. The van der Waals surface area contributed by atoms with Crippen molar-refractivity contribution < 1.29 is 18.2 Å². The largest absolute Gasteiger partial charge is 0.455 e. The first-order valence-electron chi connectivity index (χ1n) is 8.43. The van der Waals surface area contributed by atoms with E-state index >= 15 is 0 Å². The van der Waals surface area contributed by atoms with Crippen LogP contribution in [-0.4, -0.2) is 54.4 Å². The van der Waals surface area contributed by atoms with Gasteiger partial charge in [-0.25, -0.2) is 0 Å². The fourth-order valence-electron chi connectivity index (χ4n) is 2.65. The summed E-state index contributed by atoms with van der Waals surface area (Å²) in [5, 5.41) is 3.30. The summed E-state index contributed by atoms with van der Waals surface area (Å²) >= 11 is 6.06. The number of hydrogen-bond acceptors (Lipinski definition) is 5. The van der Waals surface area contributed by atoms with E-state index in [-0.39, 0.29) is 17.4 Å². The van der Waals surface area contributed by atoms with Crippen LogP contribution in [0.1, 0.15) is 16.3 Å². The quantitative estimate of drug-likeness (QED) is 0.777. The maximum absolute atomic E-state index is 12.4. The van der Waals surface area contributed by atoms with Gasteiger partial charge in [0.05, 0.1) is 39.7 Å². The van der Waals surface area contributed by atoms with Crippen LogP contribution in [0.25, 0.3) is 0 Å². The molecule has 1 amide bonds. The van der Waals surface area contributed by atoms with Gasteiger partial charge in [0.1, 0.15) is 5.76 Å². The van der Waals surface area contributed by atoms with Gasteiger partial charge in [0.15, 0.2) is 5.76 Å². The zero-order chi connectivity index (χ0) is 18.4. The highest BCUT2D eigenvalue weighted by Crippen LogP contribution is 2.22. The summed E-state index contributed by atoms with van der Waals surface area (Å²) < 4.78 is 23.2. The minimum atomic E-state index is -1.33. The molecule has 6 nitrogen and oxygen atoms in total. The lowest BCUT2D eigenvalue weighted by atomic mass is 10.4. The molecule has 1 saturated heterocycles. The standard InChI is InChI=1S/C18H21ClN2O4S/c19-15-3-1-2-4-17(15)26(23)13-14-5-6-16(25-14)18(22)20-7-8-21-9-11-24-12-10-21/h1-6H,7-13H2,(H,20,22)/t26-/m1/s1. The molecule has 1 fully saturated rings. The van der Waals surface area contributed by atoms with Gasteiger partial charge in [-0.1, -0.05) is 23.7 Å². The van der Waals surface area contributed by atoms with E-state index < -0.39 is 10.8 Å². The second kappa shape index (κ2) is 9.32. The number of nitrogens with zero attached hydrogens (tertiary/aromatic N) is 1. The van der Waals surface area contributed by atoms with Gasteiger partial charge < -0.3 is 14.5 Å². The van der Waals surface area contributed by atoms with Crippen LogP contribution in [0.2, 0.25) is 5.02 Å². The molecule has 0 bridgehead atoms. The summed E-state index contributed by atoms with van der Waals surface area (Å²) in [6.45, 7) is 4.55. The van der Waals surface area contributed by atoms with E-state index in [2.05, 4.69) is 10.2 Å². The lowest BCUT2D eigenvalue weighted by Crippen LogP contribution is -2.41. The number of benzene rings is 1. The Labute approximate surface area is 159 Å². The van der Waals surface area contributed by atoms with Gasteiger partial charge in [0.25, 0.3) is 5.91 Å². The molecule has 0 unspecified atom stereocenters. The Kier molecular flexibility index (Phi) is 6.85. The van der Waals surface area contributed by atoms with Gasteiger partial charge in [-0.2, -0.15) is 0 Å². The number of furan rings is 1. The smallest absolute Gasteiger partial charge is 0.287 e. The molecule has 1 atom stereocenters. The third-order valence-corrected chi connectivity index (χ3v) is 5.89. The van der Waals surface area contributed by atoms with Crippen molar-refractivity contribution in [3.63, 3.8) is 0 Å². The van der Waals surface area contributed by atoms with Crippen LogP contribution in [0.4, 0.5) is 0 Å². The summed E-state index contributed by atoms with van der Waals surface area (Å²) in [6, 6.07) is 10.3. The normalized spacial score (nSPS) is 16.3. The predicted molar refractivity (Wildman–Crippen MR) is 99.9 cm³/mol. The Morgan fingerprint density at radius 1 is 1.19 bits per heavy atom. The molecule has 0 radical (unpaired) electrons. The third-order valence-electron chi connectivity index (χ3n) is 4.06. The van der Waals surface area contributed by atoms with Crippen molar-refractivity contribution in [1.29, 1.82) is 0 Å². The minimum absolute atomic E-state index is 0.171. The van der Waals surface area contributed by atoms with Crippen molar-refractivity contribution in [2.24, 2.45) is 0 Å². The van der Waals surface area contributed by atoms with Crippen molar-refractivity contribution >= 4 is 28.3 Å². The van der Waals surface area contributed by atoms with Crippen LogP contribution in [0.3, 0.4) is 0 Å². The summed E-state index contributed by atoms with van der Waals surface area (Å²) in [7, 11) is -1.33. The first-order valence-corrected chi connectivity index (χ1v) is 10.1. The molecule has 2 heterocycles. The first-order chi connectivity index (χ1) is 12.6. The van der Waals surface area contributed by atoms with Crippen LogP contribution >= 0.6 is 11.6 Å². The molecule has 1 aromatic carbocycles. The Balaban J connectivity index is 1.49. The zero-order valence-electron chi connectivity index (χ0n) is 14.3. The summed E-state index contributed by atoms with van der Waals surface area (Å²) in [4.78, 5) is 15.0. The Hall–Kier alpha value is -1.67. The summed E-state index contributed by atoms with van der Waals surface area (Å²) in [5.74, 6) is 0.609. The van der Waals surface area contributed by atoms with Crippen molar-refractivity contribution in [1.82, 2.24) is 10.2 Å². The van der Waals surface area contributed by atoms with Crippen LogP contribution in [0.15, 0.2) is 45.7 Å². The molecule has 0 saturated carbocycles. The molecule has 2 aromatic rings. The molecular formula is C18H21ClN2O4S. The fraction of sp³-hybridized carbons (Fsp3) is 0.389. The van der Waals surface area contributed by atoms with Gasteiger partial charge >= 0.3 is 0 Å². The summed E-state index contributed by atoms with van der Waals surface area (Å²) in [5.41, 5.74) is 0. The van der Waals surface area contributed by atoms with Gasteiger partial charge in [0, 0.05) is 26.2 Å². The second-order valence-corrected chi connectivity index (χ2v) is 7.72. The maximum atomic E-state index is 12.4. The Bertz CT molecular complexity index is 774. The number of amides is 1. The summed E-state index contributed by atoms with van der Waals surface area (Å²) in [6.07, 6.45) is 0. The number of halogens is 1. The van der Waals surface area contributed by atoms with Crippen LogP contribution in [0, 0.1) is 0 Å². The minimum Gasteiger partial charge on any atom is -0.455 e. The number of rotatable bonds is 7. The average Bonchev–Trinajstić information content (AvgIpc) is 3.11. The highest BCUT2D eigenvalue weighted by molar-refractivity contribution is 7.84. The number of carbonyl (C=O) groups is 1. The van der Waals surface area contributed by atoms with Crippen molar-refractivity contribution in [3.8, 4) is 0 Å². The average molecular weight is 397 g/mol. The number of ether oxygens (including phenoxy) is 1. The molecule has 1 N–H and O–H groups in total. The van der Waals surface area contributed by atoms with Gasteiger partial charge in [-0.05, 0) is 24.3 Å². The Morgan fingerprint density at radius 3 is 2.73 bits per heavy atom. The van der Waals surface area contributed by atoms with E-state index in [1.54, 1.807) is 36.4 Å². The molecule has 0 spiro atoms. The van der Waals surface area contributed by atoms with Gasteiger partial charge in [-0.3, -0.25) is 13.9 Å². The monoisotopic (exact) mass is 396 g/mol. The van der Waals surface area contributed by atoms with E-state index in [4.69, 9.17) is 20.8 Å². The number of hydrogen-bond donors (Lipinski definition) is 1. The highest BCUT2D eigenvalue weighted by atomic mass is 35.5. The molecule has 26 heavy (non-hydrogen) atoms. The lowest BCUT2D eigenvalue weighted by molar-refractivity contribution is 0.0382. The van der Waals surface area contributed by atoms with E-state index in [9.17, 15) is 9.00 Å².